The number of morpholine rings is 1. The summed E-state index contributed by atoms with van der Waals surface area (Å²) in [6, 6.07) is 1.16. The molecule has 0 radical (unpaired) electrons. The van der Waals surface area contributed by atoms with Crippen molar-refractivity contribution < 1.29 is 9.53 Å². The minimum absolute atomic E-state index is 0.239. The number of nitrogens with two attached hydrogens (primary N) is 1. The number of halogens is 2. The summed E-state index contributed by atoms with van der Waals surface area (Å²) in [6.45, 7) is 3.44. The van der Waals surface area contributed by atoms with Crippen molar-refractivity contribution in [1.82, 2.24) is 9.88 Å². The molecule has 1 saturated heterocycles. The summed E-state index contributed by atoms with van der Waals surface area (Å²) >= 11 is 11.9. The molecule has 5 nitrogen and oxygen atoms in total. The second-order valence-corrected chi connectivity index (χ2v) is 5.32. The van der Waals surface area contributed by atoms with Crippen LogP contribution in [0.5, 0.6) is 0 Å². The quantitative estimate of drug-likeness (QED) is 0.918. The number of rotatable bonds is 3. The van der Waals surface area contributed by atoms with Gasteiger partial charge in [-0.05, 0) is 13.0 Å². The van der Waals surface area contributed by atoms with E-state index < -0.39 is 11.9 Å². The largest absolute Gasteiger partial charge is 0.375 e. The van der Waals surface area contributed by atoms with E-state index in [4.69, 9.17) is 33.7 Å². The van der Waals surface area contributed by atoms with Crippen LogP contribution in [0.1, 0.15) is 12.6 Å². The number of carbonyl (C=O) groups is 1. The van der Waals surface area contributed by atoms with Crippen LogP contribution in [-0.2, 0) is 16.1 Å². The standard InChI is InChI=1S/C12H15Cl2N3O2/c1-7-11(12(15)18)17(2-3-19-7)6-10-9(14)4-8(13)5-16-10/h4-5,7,11H,2-3,6H2,1H3,(H2,15,18)/t7-,11+/m1/s1. The van der Waals surface area contributed by atoms with Crippen LogP contribution in [0.2, 0.25) is 10.0 Å². The van der Waals surface area contributed by atoms with Gasteiger partial charge in [-0.25, -0.2) is 0 Å². The molecular weight excluding hydrogens is 289 g/mol. The molecule has 1 aromatic rings. The van der Waals surface area contributed by atoms with Crippen molar-refractivity contribution >= 4 is 29.1 Å². The lowest BCUT2D eigenvalue weighted by Crippen LogP contribution is -2.56. The van der Waals surface area contributed by atoms with Crippen LogP contribution in [0.15, 0.2) is 12.3 Å². The first kappa shape index (κ1) is 14.5. The third kappa shape index (κ3) is 3.36. The Bertz CT molecular complexity index is 484. The van der Waals surface area contributed by atoms with Crippen molar-refractivity contribution in [1.29, 1.82) is 0 Å². The number of hydrogen-bond acceptors (Lipinski definition) is 4. The Morgan fingerprint density at radius 1 is 1.63 bits per heavy atom. The molecule has 1 amide bonds. The smallest absolute Gasteiger partial charge is 0.237 e. The van der Waals surface area contributed by atoms with Gasteiger partial charge in [0.15, 0.2) is 0 Å². The van der Waals surface area contributed by atoms with E-state index in [-0.39, 0.29) is 6.10 Å². The van der Waals surface area contributed by atoms with Crippen LogP contribution in [0.3, 0.4) is 0 Å². The van der Waals surface area contributed by atoms with Gasteiger partial charge in [0.05, 0.1) is 28.5 Å². The van der Waals surface area contributed by atoms with Crippen LogP contribution in [0.25, 0.3) is 0 Å². The number of ether oxygens (including phenoxy) is 1. The lowest BCUT2D eigenvalue weighted by molar-refractivity contribution is -0.136. The van der Waals surface area contributed by atoms with Gasteiger partial charge in [-0.15, -0.1) is 0 Å². The van der Waals surface area contributed by atoms with E-state index in [1.807, 2.05) is 11.8 Å². The average molecular weight is 304 g/mol. The van der Waals surface area contributed by atoms with Crippen LogP contribution in [0.4, 0.5) is 0 Å². The molecule has 0 spiro atoms. The Hall–Kier alpha value is -0.880. The zero-order valence-corrected chi connectivity index (χ0v) is 12.0. The average Bonchev–Trinajstić information content (AvgIpc) is 2.32. The van der Waals surface area contributed by atoms with Crippen LogP contribution >= 0.6 is 23.2 Å². The molecule has 7 heteroatoms. The molecule has 0 aromatic carbocycles. The fraction of sp³-hybridized carbons (Fsp3) is 0.500. The minimum atomic E-state index is -0.470. The highest BCUT2D eigenvalue weighted by Crippen LogP contribution is 2.22. The lowest BCUT2D eigenvalue weighted by atomic mass is 10.1. The van der Waals surface area contributed by atoms with Gasteiger partial charge >= 0.3 is 0 Å². The number of aromatic nitrogens is 1. The number of carbonyl (C=O) groups excluding carboxylic acids is 1. The molecule has 2 rings (SSSR count). The molecule has 1 aliphatic rings. The zero-order valence-electron chi connectivity index (χ0n) is 10.5. The minimum Gasteiger partial charge on any atom is -0.375 e. The van der Waals surface area contributed by atoms with E-state index in [1.54, 1.807) is 6.07 Å². The number of nitrogens with zero attached hydrogens (tertiary/aromatic N) is 2. The van der Waals surface area contributed by atoms with Gasteiger partial charge in [-0.2, -0.15) is 0 Å². The summed E-state index contributed by atoms with van der Waals surface area (Å²) in [4.78, 5) is 17.7. The van der Waals surface area contributed by atoms with Crippen molar-refractivity contribution in [2.75, 3.05) is 13.2 Å². The Morgan fingerprint density at radius 3 is 3.00 bits per heavy atom. The van der Waals surface area contributed by atoms with Gasteiger partial charge in [0.2, 0.25) is 5.91 Å². The summed E-state index contributed by atoms with van der Waals surface area (Å²) in [5, 5.41) is 0.963. The summed E-state index contributed by atoms with van der Waals surface area (Å²) in [6.07, 6.45) is 1.30. The fourth-order valence-corrected chi connectivity index (χ4v) is 2.66. The van der Waals surface area contributed by atoms with Crippen molar-refractivity contribution in [2.45, 2.75) is 25.6 Å². The number of pyridine rings is 1. The molecule has 2 heterocycles. The molecule has 1 aliphatic heterocycles. The number of hydrogen-bond donors (Lipinski definition) is 1. The normalized spacial score (nSPS) is 24.4. The Kier molecular flexibility index (Phi) is 4.62. The molecule has 0 saturated carbocycles. The van der Waals surface area contributed by atoms with Gasteiger partial charge in [0.25, 0.3) is 0 Å². The molecule has 1 aromatic heterocycles. The highest BCUT2D eigenvalue weighted by atomic mass is 35.5. The third-order valence-corrected chi connectivity index (χ3v) is 3.66. The Balaban J connectivity index is 2.18. The monoisotopic (exact) mass is 303 g/mol. The second-order valence-electron chi connectivity index (χ2n) is 4.48. The van der Waals surface area contributed by atoms with Gasteiger partial charge in [0.1, 0.15) is 6.04 Å². The summed E-state index contributed by atoms with van der Waals surface area (Å²) < 4.78 is 5.45. The summed E-state index contributed by atoms with van der Waals surface area (Å²) in [5.41, 5.74) is 6.10. The SMILES string of the molecule is C[C@H]1OCCN(Cc2ncc(Cl)cc2Cl)[C@@H]1C(N)=O. The predicted molar refractivity (Wildman–Crippen MR) is 73.1 cm³/mol. The predicted octanol–water partition coefficient (Wildman–Crippen LogP) is 1.46. The van der Waals surface area contributed by atoms with Crippen molar-refractivity contribution in [3.05, 3.63) is 28.0 Å². The molecule has 104 valence electrons. The summed E-state index contributed by atoms with van der Waals surface area (Å²) in [7, 11) is 0. The molecule has 0 bridgehead atoms. The van der Waals surface area contributed by atoms with Gasteiger partial charge in [-0.3, -0.25) is 14.7 Å². The first-order chi connectivity index (χ1) is 8.99. The van der Waals surface area contributed by atoms with E-state index >= 15 is 0 Å². The first-order valence-corrected chi connectivity index (χ1v) is 6.69. The van der Waals surface area contributed by atoms with E-state index in [9.17, 15) is 4.79 Å². The van der Waals surface area contributed by atoms with Crippen LogP contribution < -0.4 is 5.73 Å². The van der Waals surface area contributed by atoms with Crippen molar-refractivity contribution in [3.8, 4) is 0 Å². The van der Waals surface area contributed by atoms with Crippen molar-refractivity contribution in [3.63, 3.8) is 0 Å². The van der Waals surface area contributed by atoms with Crippen LogP contribution in [-0.4, -0.2) is 41.1 Å². The topological polar surface area (TPSA) is 68.4 Å². The third-order valence-electron chi connectivity index (χ3n) is 3.13. The Labute approximate surface area is 121 Å². The molecular formula is C12H15Cl2N3O2. The first-order valence-electron chi connectivity index (χ1n) is 5.94. The van der Waals surface area contributed by atoms with Gasteiger partial charge < -0.3 is 10.5 Å². The highest BCUT2D eigenvalue weighted by Gasteiger charge is 2.34. The molecule has 0 aliphatic carbocycles. The Morgan fingerprint density at radius 2 is 2.37 bits per heavy atom. The van der Waals surface area contributed by atoms with Crippen molar-refractivity contribution in [2.24, 2.45) is 5.73 Å². The lowest BCUT2D eigenvalue weighted by Gasteiger charge is -2.37. The van der Waals surface area contributed by atoms with Gasteiger partial charge in [-0.1, -0.05) is 23.2 Å². The van der Waals surface area contributed by atoms with E-state index in [0.29, 0.717) is 35.4 Å². The van der Waals surface area contributed by atoms with Gasteiger partial charge in [0, 0.05) is 19.3 Å². The van der Waals surface area contributed by atoms with E-state index in [0.717, 1.165) is 0 Å². The maximum atomic E-state index is 11.5. The van der Waals surface area contributed by atoms with E-state index in [1.165, 1.54) is 6.20 Å². The molecule has 19 heavy (non-hydrogen) atoms. The summed E-state index contributed by atoms with van der Waals surface area (Å²) in [5.74, 6) is -0.405. The zero-order chi connectivity index (χ0) is 14.0. The fourth-order valence-electron chi connectivity index (χ4n) is 2.22. The molecule has 1 fully saturated rings. The van der Waals surface area contributed by atoms with E-state index in [2.05, 4.69) is 4.98 Å². The van der Waals surface area contributed by atoms with Crippen LogP contribution in [0, 0.1) is 0 Å². The maximum Gasteiger partial charge on any atom is 0.237 e. The second kappa shape index (κ2) is 6.05. The number of primary amides is 1. The molecule has 2 atom stereocenters. The highest BCUT2D eigenvalue weighted by molar-refractivity contribution is 6.34. The number of amides is 1. The molecule has 0 unspecified atom stereocenters. The molecule has 2 N–H and O–H groups in total. The maximum absolute atomic E-state index is 11.5.